The van der Waals surface area contributed by atoms with Crippen LogP contribution in [0.1, 0.15) is 75.8 Å². The van der Waals surface area contributed by atoms with Crippen LogP contribution < -0.4 is 0 Å². The summed E-state index contributed by atoms with van der Waals surface area (Å²) < 4.78 is 28.4. The van der Waals surface area contributed by atoms with Crippen LogP contribution in [0.25, 0.3) is 11.1 Å². The standard InChI is InChI=1S/C27H34F2/c1-2-3-4-5-19-6-8-20(9-7-19)22-12-16-26-23(18-22)13-17-25(27(26)29)21-10-14-24(28)15-11-21/h10-11,13-15,17,19-20,22H,2-9,12,16,18H2,1H3. The molecule has 1 fully saturated rings. The Bertz CT molecular complexity index is 800. The van der Waals surface area contributed by atoms with Crippen molar-refractivity contribution in [1.29, 1.82) is 0 Å². The molecule has 0 spiro atoms. The van der Waals surface area contributed by atoms with Crippen molar-refractivity contribution in [3.05, 3.63) is 59.2 Å². The van der Waals surface area contributed by atoms with E-state index in [2.05, 4.69) is 13.0 Å². The van der Waals surface area contributed by atoms with Gasteiger partial charge >= 0.3 is 0 Å². The number of hydrogen-bond donors (Lipinski definition) is 0. The van der Waals surface area contributed by atoms with Crippen LogP contribution in [0.15, 0.2) is 36.4 Å². The number of hydrogen-bond acceptors (Lipinski definition) is 0. The molecule has 156 valence electrons. The minimum Gasteiger partial charge on any atom is -0.207 e. The second-order valence-corrected chi connectivity index (χ2v) is 9.35. The molecule has 2 aliphatic carbocycles. The molecule has 0 aliphatic heterocycles. The number of rotatable bonds is 6. The fourth-order valence-electron chi connectivity index (χ4n) is 5.72. The zero-order valence-corrected chi connectivity index (χ0v) is 17.7. The highest BCUT2D eigenvalue weighted by Crippen LogP contribution is 2.42. The molecule has 0 heterocycles. The Hall–Kier alpha value is -1.70. The van der Waals surface area contributed by atoms with Crippen LogP contribution in [-0.2, 0) is 12.8 Å². The fraction of sp³-hybridized carbons (Fsp3) is 0.556. The summed E-state index contributed by atoms with van der Waals surface area (Å²) in [7, 11) is 0. The van der Waals surface area contributed by atoms with Crippen molar-refractivity contribution in [3.8, 4) is 11.1 Å². The highest BCUT2D eigenvalue weighted by Gasteiger charge is 2.31. The van der Waals surface area contributed by atoms with Crippen molar-refractivity contribution in [2.75, 3.05) is 0 Å². The van der Waals surface area contributed by atoms with Gasteiger partial charge in [0.15, 0.2) is 0 Å². The Balaban J connectivity index is 1.39. The topological polar surface area (TPSA) is 0 Å². The van der Waals surface area contributed by atoms with E-state index in [1.54, 1.807) is 12.1 Å². The van der Waals surface area contributed by atoms with Gasteiger partial charge in [-0.3, -0.25) is 0 Å². The number of benzene rings is 2. The summed E-state index contributed by atoms with van der Waals surface area (Å²) in [5.41, 5.74) is 3.47. The van der Waals surface area contributed by atoms with Gasteiger partial charge in [-0.1, -0.05) is 69.7 Å². The maximum Gasteiger partial charge on any atom is 0.134 e. The Morgan fingerprint density at radius 3 is 2.31 bits per heavy atom. The van der Waals surface area contributed by atoms with Gasteiger partial charge in [-0.05, 0) is 78.7 Å². The van der Waals surface area contributed by atoms with E-state index in [1.165, 1.54) is 69.1 Å². The number of fused-ring (bicyclic) bond motifs is 1. The molecule has 0 aromatic heterocycles. The molecular weight excluding hydrogens is 362 g/mol. The van der Waals surface area contributed by atoms with Crippen LogP contribution in [0.4, 0.5) is 8.78 Å². The summed E-state index contributed by atoms with van der Waals surface area (Å²) in [6.07, 6.45) is 14.0. The molecule has 0 bridgehead atoms. The lowest BCUT2D eigenvalue weighted by molar-refractivity contribution is 0.182. The summed E-state index contributed by atoms with van der Waals surface area (Å²) >= 11 is 0. The van der Waals surface area contributed by atoms with Crippen LogP contribution in [0.3, 0.4) is 0 Å². The lowest BCUT2D eigenvalue weighted by atomic mass is 9.69. The highest BCUT2D eigenvalue weighted by atomic mass is 19.1. The molecule has 0 amide bonds. The van der Waals surface area contributed by atoms with Crippen LogP contribution in [0, 0.1) is 29.4 Å². The minimum absolute atomic E-state index is 0.0906. The Labute approximate surface area is 174 Å². The summed E-state index contributed by atoms with van der Waals surface area (Å²) in [6.45, 7) is 2.28. The third-order valence-corrected chi connectivity index (χ3v) is 7.52. The number of halogens is 2. The van der Waals surface area contributed by atoms with Crippen molar-refractivity contribution >= 4 is 0 Å². The molecule has 1 atom stereocenters. The van der Waals surface area contributed by atoms with Crippen LogP contribution in [0.2, 0.25) is 0 Å². The van der Waals surface area contributed by atoms with Gasteiger partial charge in [0.2, 0.25) is 0 Å². The Morgan fingerprint density at radius 1 is 0.828 bits per heavy atom. The lowest BCUT2D eigenvalue weighted by Crippen LogP contribution is -2.27. The SMILES string of the molecule is CCCCCC1CCC(C2CCc3c(ccc(-c4ccc(F)cc4)c3F)C2)CC1. The monoisotopic (exact) mass is 396 g/mol. The molecule has 2 aliphatic rings. The van der Waals surface area contributed by atoms with Gasteiger partial charge < -0.3 is 0 Å². The smallest absolute Gasteiger partial charge is 0.134 e. The second kappa shape index (κ2) is 9.41. The van der Waals surface area contributed by atoms with E-state index in [-0.39, 0.29) is 11.6 Å². The lowest BCUT2D eigenvalue weighted by Gasteiger charge is -2.37. The summed E-state index contributed by atoms with van der Waals surface area (Å²) in [5, 5.41) is 0. The van der Waals surface area contributed by atoms with Gasteiger partial charge in [-0.2, -0.15) is 0 Å². The van der Waals surface area contributed by atoms with Gasteiger partial charge in [0, 0.05) is 5.56 Å². The van der Waals surface area contributed by atoms with Crippen molar-refractivity contribution < 1.29 is 8.78 Å². The van der Waals surface area contributed by atoms with E-state index >= 15 is 4.39 Å². The maximum atomic E-state index is 15.2. The summed E-state index contributed by atoms with van der Waals surface area (Å²) in [5.74, 6) is 2.12. The first kappa shape index (κ1) is 20.6. The molecule has 4 rings (SSSR count). The van der Waals surface area contributed by atoms with E-state index in [9.17, 15) is 4.39 Å². The van der Waals surface area contributed by atoms with E-state index in [0.717, 1.165) is 48.1 Å². The second-order valence-electron chi connectivity index (χ2n) is 9.35. The van der Waals surface area contributed by atoms with Crippen LogP contribution >= 0.6 is 0 Å². The van der Waals surface area contributed by atoms with Gasteiger partial charge in [-0.25, -0.2) is 8.78 Å². The summed E-state index contributed by atoms with van der Waals surface area (Å²) in [4.78, 5) is 0. The molecule has 2 heteroatoms. The van der Waals surface area contributed by atoms with Crippen molar-refractivity contribution in [2.45, 2.75) is 77.6 Å². The molecule has 2 aromatic carbocycles. The molecule has 2 aromatic rings. The van der Waals surface area contributed by atoms with E-state index < -0.39 is 0 Å². The first-order chi connectivity index (χ1) is 14.2. The molecular formula is C27H34F2. The fourth-order valence-corrected chi connectivity index (χ4v) is 5.72. The molecule has 0 radical (unpaired) electrons. The highest BCUT2D eigenvalue weighted by molar-refractivity contribution is 5.66. The first-order valence-electron chi connectivity index (χ1n) is 11.7. The van der Waals surface area contributed by atoms with Crippen molar-refractivity contribution in [1.82, 2.24) is 0 Å². The average Bonchev–Trinajstić information content (AvgIpc) is 2.75. The van der Waals surface area contributed by atoms with Crippen LogP contribution in [0.5, 0.6) is 0 Å². The zero-order valence-electron chi connectivity index (χ0n) is 17.7. The minimum atomic E-state index is -0.282. The van der Waals surface area contributed by atoms with Crippen LogP contribution in [-0.4, -0.2) is 0 Å². The Kier molecular flexibility index (Phi) is 6.67. The van der Waals surface area contributed by atoms with Gasteiger partial charge in [-0.15, -0.1) is 0 Å². The van der Waals surface area contributed by atoms with Crippen molar-refractivity contribution in [2.24, 2.45) is 17.8 Å². The van der Waals surface area contributed by atoms with E-state index in [1.807, 2.05) is 6.07 Å². The number of unbranched alkanes of at least 4 members (excludes halogenated alkanes) is 2. The average molecular weight is 397 g/mol. The predicted octanol–water partition coefficient (Wildman–Crippen LogP) is 8.12. The first-order valence-corrected chi connectivity index (χ1v) is 11.7. The van der Waals surface area contributed by atoms with E-state index in [0.29, 0.717) is 5.56 Å². The predicted molar refractivity (Wildman–Crippen MR) is 117 cm³/mol. The molecule has 1 unspecified atom stereocenters. The summed E-state index contributed by atoms with van der Waals surface area (Å²) in [6, 6.07) is 10.2. The largest absolute Gasteiger partial charge is 0.207 e. The van der Waals surface area contributed by atoms with E-state index in [4.69, 9.17) is 0 Å². The molecule has 1 saturated carbocycles. The molecule has 0 N–H and O–H groups in total. The van der Waals surface area contributed by atoms with Gasteiger partial charge in [0.05, 0.1) is 0 Å². The Morgan fingerprint density at radius 2 is 1.59 bits per heavy atom. The van der Waals surface area contributed by atoms with Gasteiger partial charge in [0.25, 0.3) is 0 Å². The third kappa shape index (κ3) is 4.73. The maximum absolute atomic E-state index is 15.2. The quantitative estimate of drug-likeness (QED) is 0.432. The third-order valence-electron chi connectivity index (χ3n) is 7.52. The van der Waals surface area contributed by atoms with Gasteiger partial charge in [0.1, 0.15) is 11.6 Å². The molecule has 0 nitrogen and oxygen atoms in total. The normalized spacial score (nSPS) is 24.3. The molecule has 0 saturated heterocycles. The van der Waals surface area contributed by atoms with Crippen molar-refractivity contribution in [3.63, 3.8) is 0 Å². The molecule has 29 heavy (non-hydrogen) atoms. The zero-order chi connectivity index (χ0) is 20.2.